The van der Waals surface area contributed by atoms with Crippen LogP contribution in [0.1, 0.15) is 31.7 Å². The first-order chi connectivity index (χ1) is 13.1. The minimum Gasteiger partial charge on any atom is -0.308 e. The minimum absolute atomic E-state index is 0.0148. The van der Waals surface area contributed by atoms with Crippen molar-refractivity contribution in [3.63, 3.8) is 0 Å². The van der Waals surface area contributed by atoms with Gasteiger partial charge in [-0.15, -0.1) is 0 Å². The molecule has 0 fully saturated rings. The monoisotopic (exact) mass is 438 g/mol. The van der Waals surface area contributed by atoms with Gasteiger partial charge in [-0.25, -0.2) is 13.2 Å². The zero-order valence-corrected chi connectivity index (χ0v) is 16.7. The van der Waals surface area contributed by atoms with Gasteiger partial charge in [-0.1, -0.05) is 24.8 Å². The van der Waals surface area contributed by atoms with E-state index in [-0.39, 0.29) is 22.6 Å². The molecule has 0 saturated carbocycles. The lowest BCUT2D eigenvalue weighted by Gasteiger charge is -2.13. The number of unbranched alkanes of at least 4 members (excludes halogenated alkanes) is 1. The number of hydrogen-bond acceptors (Lipinski definition) is 6. The van der Waals surface area contributed by atoms with Crippen LogP contribution < -0.4 is 10.6 Å². The second-order valence-electron chi connectivity index (χ2n) is 6.08. The first-order valence-corrected chi connectivity index (χ1v) is 11.4. The Morgan fingerprint density at radius 1 is 1.25 bits per heavy atom. The molecule has 2 N–H and O–H groups in total. The van der Waals surface area contributed by atoms with Crippen molar-refractivity contribution in [2.45, 2.75) is 43.2 Å². The van der Waals surface area contributed by atoms with Crippen LogP contribution in [0.5, 0.6) is 0 Å². The predicted octanol–water partition coefficient (Wildman–Crippen LogP) is 4.24. The molecule has 28 heavy (non-hydrogen) atoms. The number of amides is 2. The lowest BCUT2D eigenvalue weighted by Crippen LogP contribution is -2.34. The summed E-state index contributed by atoms with van der Waals surface area (Å²) in [6.07, 6.45) is -2.66. The molecule has 2 amide bonds. The van der Waals surface area contributed by atoms with Gasteiger partial charge in [-0.05, 0) is 37.5 Å². The fourth-order valence-corrected chi connectivity index (χ4v) is 4.29. The summed E-state index contributed by atoms with van der Waals surface area (Å²) < 4.78 is 61.0. The molecule has 2 rings (SSSR count). The Labute approximate surface area is 165 Å². The fraction of sp³-hybridized carbons (Fsp3) is 0.562. The van der Waals surface area contributed by atoms with Crippen LogP contribution in [0.3, 0.4) is 0 Å². The van der Waals surface area contributed by atoms with Gasteiger partial charge in [0.05, 0.1) is 11.3 Å². The average Bonchev–Trinajstić information content (AvgIpc) is 3.05. The standard InChI is InChI=1S/C16H21F3N4O3S2/c1-2-28(25,26)9-4-3-8-13-22-23-15(27-13)21-14(24)20-12-7-5-6-11(10-12)16(17,18)19/h5-7,10,13,15H,2-4,8-9H2,1H3,(H2,20,21,24)/t13-,15+/m0/s1. The lowest BCUT2D eigenvalue weighted by molar-refractivity contribution is -0.137. The zero-order chi connectivity index (χ0) is 20.8. The van der Waals surface area contributed by atoms with Crippen molar-refractivity contribution in [2.24, 2.45) is 10.2 Å². The van der Waals surface area contributed by atoms with Gasteiger partial charge in [0.25, 0.3) is 0 Å². The number of nitrogens with zero attached hydrogens (tertiary/aromatic N) is 2. The molecular formula is C16H21F3N4O3S2. The normalized spacial score (nSPS) is 19.6. The number of sulfone groups is 1. The largest absolute Gasteiger partial charge is 0.416 e. The van der Waals surface area contributed by atoms with Gasteiger partial charge in [0.1, 0.15) is 15.2 Å². The summed E-state index contributed by atoms with van der Waals surface area (Å²) in [7, 11) is -2.98. The summed E-state index contributed by atoms with van der Waals surface area (Å²) in [6.45, 7) is 1.61. The van der Waals surface area contributed by atoms with E-state index < -0.39 is 33.1 Å². The number of urea groups is 1. The van der Waals surface area contributed by atoms with Crippen LogP contribution in [-0.4, -0.2) is 36.8 Å². The van der Waals surface area contributed by atoms with Crippen LogP contribution in [0.15, 0.2) is 34.5 Å². The van der Waals surface area contributed by atoms with Crippen LogP contribution in [0.2, 0.25) is 0 Å². The third-order valence-electron chi connectivity index (χ3n) is 3.88. The van der Waals surface area contributed by atoms with Crippen molar-refractivity contribution in [2.75, 3.05) is 16.8 Å². The van der Waals surface area contributed by atoms with Crippen molar-refractivity contribution in [1.82, 2.24) is 5.32 Å². The van der Waals surface area contributed by atoms with Crippen LogP contribution in [0.25, 0.3) is 0 Å². The van der Waals surface area contributed by atoms with E-state index >= 15 is 0 Å². The number of carbonyl (C=O) groups is 1. The van der Waals surface area contributed by atoms with E-state index in [1.54, 1.807) is 6.92 Å². The highest BCUT2D eigenvalue weighted by molar-refractivity contribution is 8.00. The molecule has 156 valence electrons. The van der Waals surface area contributed by atoms with Crippen LogP contribution in [0, 0.1) is 0 Å². The number of hydrogen-bond donors (Lipinski definition) is 2. The molecule has 1 heterocycles. The molecular weight excluding hydrogens is 417 g/mol. The molecule has 0 unspecified atom stereocenters. The van der Waals surface area contributed by atoms with Gasteiger partial charge in [0.15, 0.2) is 5.50 Å². The summed E-state index contributed by atoms with van der Waals surface area (Å²) in [5.41, 5.74) is -1.48. The van der Waals surface area contributed by atoms with Gasteiger partial charge in [0, 0.05) is 11.4 Å². The smallest absolute Gasteiger partial charge is 0.308 e. The average molecular weight is 438 g/mol. The highest BCUT2D eigenvalue weighted by atomic mass is 32.2. The second-order valence-corrected chi connectivity index (χ2v) is 9.82. The van der Waals surface area contributed by atoms with E-state index in [0.717, 1.165) is 12.1 Å². The maximum Gasteiger partial charge on any atom is 0.416 e. The molecule has 0 bridgehead atoms. The zero-order valence-electron chi connectivity index (χ0n) is 15.1. The third kappa shape index (κ3) is 7.30. The first kappa shape index (κ1) is 22.5. The molecule has 0 aromatic heterocycles. The quantitative estimate of drug-likeness (QED) is 0.593. The van der Waals surface area contributed by atoms with Gasteiger partial charge < -0.3 is 10.6 Å². The molecule has 1 aliphatic heterocycles. The highest BCUT2D eigenvalue weighted by Crippen LogP contribution is 2.31. The predicted molar refractivity (Wildman–Crippen MR) is 102 cm³/mol. The number of halogens is 3. The Morgan fingerprint density at radius 3 is 2.68 bits per heavy atom. The Morgan fingerprint density at radius 2 is 2.00 bits per heavy atom. The Hall–Kier alpha value is -1.82. The van der Waals surface area contributed by atoms with E-state index in [1.165, 1.54) is 23.9 Å². The van der Waals surface area contributed by atoms with Crippen molar-refractivity contribution < 1.29 is 26.4 Å². The fourth-order valence-electron chi connectivity index (χ4n) is 2.36. The third-order valence-corrected chi connectivity index (χ3v) is 6.79. The Balaban J connectivity index is 1.74. The molecule has 1 aliphatic rings. The second kappa shape index (κ2) is 9.59. The number of thioether (sulfide) groups is 1. The number of carbonyl (C=O) groups excluding carboxylic acids is 1. The number of anilines is 1. The lowest BCUT2D eigenvalue weighted by atomic mass is 10.2. The van der Waals surface area contributed by atoms with Crippen molar-refractivity contribution >= 4 is 33.3 Å². The SMILES string of the molecule is CCS(=O)(=O)CCCC[C@H]1N=N[C@@H](NC(=O)Nc2cccc(C(F)(F)F)c2)S1. The van der Waals surface area contributed by atoms with Gasteiger partial charge in [0.2, 0.25) is 0 Å². The van der Waals surface area contributed by atoms with Gasteiger partial charge >= 0.3 is 12.2 Å². The molecule has 7 nitrogen and oxygen atoms in total. The van der Waals surface area contributed by atoms with E-state index in [1.807, 2.05) is 0 Å². The molecule has 0 radical (unpaired) electrons. The van der Waals surface area contributed by atoms with E-state index in [4.69, 9.17) is 0 Å². The molecule has 12 heteroatoms. The number of nitrogens with one attached hydrogen (secondary N) is 2. The van der Waals surface area contributed by atoms with E-state index in [0.29, 0.717) is 19.3 Å². The van der Waals surface area contributed by atoms with Crippen LogP contribution in [-0.2, 0) is 16.0 Å². The van der Waals surface area contributed by atoms with E-state index in [2.05, 4.69) is 20.9 Å². The summed E-state index contributed by atoms with van der Waals surface area (Å²) in [5.74, 6) is 0.261. The van der Waals surface area contributed by atoms with Crippen molar-refractivity contribution in [3.8, 4) is 0 Å². The van der Waals surface area contributed by atoms with Gasteiger partial charge in [-0.2, -0.15) is 23.4 Å². The molecule has 0 spiro atoms. The highest BCUT2D eigenvalue weighted by Gasteiger charge is 2.30. The minimum atomic E-state index is -4.49. The van der Waals surface area contributed by atoms with Crippen molar-refractivity contribution in [3.05, 3.63) is 29.8 Å². The molecule has 0 saturated heterocycles. The number of alkyl halides is 3. The Bertz CT molecular complexity index is 816. The maximum atomic E-state index is 12.7. The molecule has 1 aromatic carbocycles. The number of azo groups is 1. The van der Waals surface area contributed by atoms with Gasteiger partial charge in [-0.3, -0.25) is 0 Å². The Kier molecular flexibility index (Phi) is 7.70. The summed E-state index contributed by atoms with van der Waals surface area (Å²) in [6, 6.07) is 3.63. The summed E-state index contributed by atoms with van der Waals surface area (Å²) >= 11 is 1.29. The molecule has 0 aliphatic carbocycles. The van der Waals surface area contributed by atoms with Crippen LogP contribution >= 0.6 is 11.8 Å². The summed E-state index contributed by atoms with van der Waals surface area (Å²) in [5, 5.41) is 12.6. The van der Waals surface area contributed by atoms with E-state index in [9.17, 15) is 26.4 Å². The first-order valence-electron chi connectivity index (χ1n) is 8.59. The summed E-state index contributed by atoms with van der Waals surface area (Å²) in [4.78, 5) is 12.0. The molecule has 2 atom stereocenters. The maximum absolute atomic E-state index is 12.7. The number of benzene rings is 1. The number of rotatable bonds is 8. The molecule has 1 aromatic rings. The van der Waals surface area contributed by atoms with Crippen LogP contribution in [0.4, 0.5) is 23.7 Å². The van der Waals surface area contributed by atoms with Crippen molar-refractivity contribution in [1.29, 1.82) is 0 Å². The topological polar surface area (TPSA) is 100.0 Å².